The van der Waals surface area contributed by atoms with Gasteiger partial charge in [0.25, 0.3) is 0 Å². The van der Waals surface area contributed by atoms with Crippen LogP contribution < -0.4 is 0 Å². The first kappa shape index (κ1) is 26.5. The van der Waals surface area contributed by atoms with E-state index in [1.54, 1.807) is 11.0 Å². The summed E-state index contributed by atoms with van der Waals surface area (Å²) in [4.78, 5) is 28.0. The highest BCUT2D eigenvalue weighted by Crippen LogP contribution is 2.34. The molecule has 1 amide bonds. The first-order chi connectivity index (χ1) is 15.0. The van der Waals surface area contributed by atoms with Crippen LogP contribution in [-0.4, -0.2) is 45.4 Å². The molecule has 0 spiro atoms. The molecule has 2 aliphatic carbocycles. The van der Waals surface area contributed by atoms with Crippen LogP contribution >= 0.6 is 11.8 Å². The topological polar surface area (TPSA) is 77.8 Å². The Morgan fingerprint density at radius 1 is 1.00 bits per heavy atom. The lowest BCUT2D eigenvalue weighted by molar-refractivity contribution is -0.137. The third kappa shape index (κ3) is 8.33. The Morgan fingerprint density at radius 3 is 2.09 bits per heavy atom. The number of allylic oxidation sites excluding steroid dienone is 2. The minimum atomic E-state index is -1.08. The van der Waals surface area contributed by atoms with Crippen molar-refractivity contribution in [2.75, 3.05) is 6.26 Å². The maximum absolute atomic E-state index is 13.8. The predicted molar refractivity (Wildman–Crippen MR) is 131 cm³/mol. The van der Waals surface area contributed by atoms with Crippen molar-refractivity contribution in [3.8, 4) is 11.8 Å². The molecule has 0 saturated heterocycles. The summed E-state index contributed by atoms with van der Waals surface area (Å²) in [5.41, 5.74) is 0.217. The first-order valence-corrected chi connectivity index (χ1v) is 13.0. The molecular weight excluding hydrogens is 422 g/mol. The van der Waals surface area contributed by atoms with E-state index in [2.05, 4.69) is 18.8 Å². The fourth-order valence-corrected chi connectivity index (χ4v) is 4.77. The van der Waals surface area contributed by atoms with Crippen LogP contribution in [0.2, 0.25) is 0 Å². The van der Waals surface area contributed by atoms with E-state index in [4.69, 9.17) is 0 Å². The highest BCUT2D eigenvalue weighted by Gasteiger charge is 2.35. The SMILES string of the molecule is CS/C(C#CC(C)(C)C)=C\C(=C\C(=O)O)N(C(=O)[C@H]1CC[C@H](C)CC1)[C@H]1CC[C@@H](O)CC1. The molecule has 0 bridgehead atoms. The highest BCUT2D eigenvalue weighted by atomic mass is 32.2. The molecule has 0 unspecified atom stereocenters. The Bertz CT molecular complexity index is 783. The normalized spacial score (nSPS) is 27.3. The smallest absolute Gasteiger partial charge is 0.330 e. The van der Waals surface area contributed by atoms with Gasteiger partial charge < -0.3 is 15.1 Å². The van der Waals surface area contributed by atoms with Crippen LogP contribution in [0.4, 0.5) is 0 Å². The molecule has 0 heterocycles. The largest absolute Gasteiger partial charge is 0.478 e. The van der Waals surface area contributed by atoms with Crippen molar-refractivity contribution >= 4 is 23.6 Å². The molecule has 0 radical (unpaired) electrons. The third-order valence-corrected chi connectivity index (χ3v) is 6.90. The van der Waals surface area contributed by atoms with Gasteiger partial charge in [0.2, 0.25) is 5.91 Å². The molecular formula is C26H39NO4S. The van der Waals surface area contributed by atoms with Gasteiger partial charge in [0, 0.05) is 23.5 Å². The Labute approximate surface area is 197 Å². The number of hydrogen-bond acceptors (Lipinski definition) is 4. The average Bonchev–Trinajstić information content (AvgIpc) is 2.71. The zero-order valence-electron chi connectivity index (χ0n) is 20.2. The Hall–Kier alpha value is -1.71. The summed E-state index contributed by atoms with van der Waals surface area (Å²) in [6, 6.07) is -0.106. The van der Waals surface area contributed by atoms with Crippen LogP contribution in [0.1, 0.15) is 79.1 Å². The van der Waals surface area contributed by atoms with Crippen LogP contribution in [0, 0.1) is 29.1 Å². The molecule has 32 heavy (non-hydrogen) atoms. The van der Waals surface area contributed by atoms with Gasteiger partial charge in [0.15, 0.2) is 0 Å². The Balaban J connectivity index is 2.46. The number of aliphatic hydroxyl groups is 1. The van der Waals surface area contributed by atoms with E-state index < -0.39 is 5.97 Å². The molecule has 2 fully saturated rings. The minimum absolute atomic E-state index is 0.0197. The second-order valence-corrected chi connectivity index (χ2v) is 11.1. The summed E-state index contributed by atoms with van der Waals surface area (Å²) in [6.07, 6.45) is 10.8. The van der Waals surface area contributed by atoms with E-state index in [0.29, 0.717) is 37.3 Å². The van der Waals surface area contributed by atoms with Gasteiger partial charge in [0.1, 0.15) is 0 Å². The molecule has 2 saturated carbocycles. The first-order valence-electron chi connectivity index (χ1n) is 11.7. The number of carbonyl (C=O) groups excluding carboxylic acids is 1. The number of amides is 1. The van der Waals surface area contributed by atoms with Crippen molar-refractivity contribution in [2.24, 2.45) is 17.3 Å². The number of nitrogens with zero attached hydrogens (tertiary/aromatic N) is 1. The fraction of sp³-hybridized carbons (Fsp3) is 0.692. The van der Waals surface area contributed by atoms with Crippen molar-refractivity contribution in [3.05, 3.63) is 22.8 Å². The number of aliphatic carboxylic acids is 1. The minimum Gasteiger partial charge on any atom is -0.478 e. The number of thioether (sulfide) groups is 1. The van der Waals surface area contributed by atoms with Gasteiger partial charge in [-0.25, -0.2) is 4.79 Å². The van der Waals surface area contributed by atoms with Gasteiger partial charge in [0.05, 0.1) is 16.7 Å². The number of aliphatic hydroxyl groups excluding tert-OH is 1. The molecule has 2 aliphatic rings. The molecule has 178 valence electrons. The lowest BCUT2D eigenvalue weighted by Crippen LogP contribution is -2.45. The summed E-state index contributed by atoms with van der Waals surface area (Å²) in [5, 5.41) is 19.6. The van der Waals surface area contributed by atoms with E-state index in [9.17, 15) is 19.8 Å². The highest BCUT2D eigenvalue weighted by molar-refractivity contribution is 8.02. The van der Waals surface area contributed by atoms with E-state index in [0.717, 1.165) is 36.7 Å². The van der Waals surface area contributed by atoms with Crippen LogP contribution in [0.15, 0.2) is 22.8 Å². The predicted octanol–water partition coefficient (Wildman–Crippen LogP) is 5.21. The van der Waals surface area contributed by atoms with Gasteiger partial charge >= 0.3 is 5.97 Å². The molecule has 0 atom stereocenters. The molecule has 2 N–H and O–H groups in total. The van der Waals surface area contributed by atoms with E-state index in [-0.39, 0.29) is 29.4 Å². The second kappa shape index (κ2) is 12.0. The number of rotatable bonds is 6. The van der Waals surface area contributed by atoms with Gasteiger partial charge in [-0.2, -0.15) is 0 Å². The molecule has 0 aromatic rings. The fourth-order valence-electron chi connectivity index (χ4n) is 4.37. The van der Waals surface area contributed by atoms with Crippen molar-refractivity contribution in [1.82, 2.24) is 4.90 Å². The zero-order chi connectivity index (χ0) is 23.9. The van der Waals surface area contributed by atoms with Gasteiger partial charge in [-0.3, -0.25) is 4.79 Å². The molecule has 0 aromatic carbocycles. The van der Waals surface area contributed by atoms with Gasteiger partial charge in [-0.15, -0.1) is 11.8 Å². The second-order valence-electron chi connectivity index (χ2n) is 10.2. The quantitative estimate of drug-likeness (QED) is 0.323. The summed E-state index contributed by atoms with van der Waals surface area (Å²) in [6.45, 7) is 8.30. The average molecular weight is 462 g/mol. The number of carboxylic acids is 1. The van der Waals surface area contributed by atoms with Crippen LogP contribution in [0.5, 0.6) is 0 Å². The Morgan fingerprint density at radius 2 is 1.59 bits per heavy atom. The molecule has 0 aliphatic heterocycles. The van der Waals surface area contributed by atoms with Crippen molar-refractivity contribution in [2.45, 2.75) is 91.2 Å². The number of carbonyl (C=O) groups is 2. The lowest BCUT2D eigenvalue weighted by atomic mass is 9.81. The zero-order valence-corrected chi connectivity index (χ0v) is 21.0. The standard InChI is InChI=1S/C26H39NO4S/c1-18-6-8-19(9-7-18)25(31)27(20-10-12-22(28)13-11-20)21(17-24(29)30)16-23(32-5)14-15-26(2,3)4/h16-20,22,28H,6-13H2,1-5H3,(H,29,30)/b21-17-,23-16-/t18-,19-,20-,22+. The molecule has 5 nitrogen and oxygen atoms in total. The number of carboxylic acid groups (broad SMARTS) is 1. The van der Waals surface area contributed by atoms with E-state index in [1.165, 1.54) is 11.8 Å². The molecule has 6 heteroatoms. The number of hydrogen-bond donors (Lipinski definition) is 2. The summed E-state index contributed by atoms with van der Waals surface area (Å²) in [5.74, 6) is 5.86. The van der Waals surface area contributed by atoms with Crippen LogP contribution in [0.3, 0.4) is 0 Å². The molecule has 2 rings (SSSR count). The molecule has 0 aromatic heterocycles. The van der Waals surface area contributed by atoms with E-state index in [1.807, 2.05) is 27.0 Å². The summed E-state index contributed by atoms with van der Waals surface area (Å²) in [7, 11) is 0. The van der Waals surface area contributed by atoms with Crippen LogP contribution in [-0.2, 0) is 9.59 Å². The van der Waals surface area contributed by atoms with Crippen LogP contribution in [0.25, 0.3) is 0 Å². The van der Waals surface area contributed by atoms with Gasteiger partial charge in [-0.1, -0.05) is 18.8 Å². The maximum Gasteiger partial charge on any atom is 0.330 e. The van der Waals surface area contributed by atoms with Crippen molar-refractivity contribution in [3.63, 3.8) is 0 Å². The summed E-state index contributed by atoms with van der Waals surface area (Å²) < 4.78 is 0. The van der Waals surface area contributed by atoms with Crippen molar-refractivity contribution in [1.29, 1.82) is 0 Å². The third-order valence-electron chi connectivity index (χ3n) is 6.24. The monoisotopic (exact) mass is 461 g/mol. The van der Waals surface area contributed by atoms with E-state index >= 15 is 0 Å². The van der Waals surface area contributed by atoms with Gasteiger partial charge in [-0.05, 0) is 90.4 Å². The Kier molecular flexibility index (Phi) is 9.91. The summed E-state index contributed by atoms with van der Waals surface area (Å²) >= 11 is 1.45. The van der Waals surface area contributed by atoms with Crippen molar-refractivity contribution < 1.29 is 19.8 Å². The maximum atomic E-state index is 13.8. The lowest BCUT2D eigenvalue weighted by Gasteiger charge is -2.39.